The van der Waals surface area contributed by atoms with E-state index < -0.39 is 169 Å². The van der Waals surface area contributed by atoms with Crippen molar-refractivity contribution in [2.45, 2.75) is 192 Å². The molecule has 0 saturated heterocycles. The molecule has 0 heterocycles. The van der Waals surface area contributed by atoms with Crippen molar-refractivity contribution in [2.24, 2.45) is 62.0 Å². The van der Waals surface area contributed by atoms with E-state index in [0.717, 1.165) is 6.92 Å². The van der Waals surface area contributed by atoms with Gasteiger partial charge in [-0.1, -0.05) is 52.0 Å². The third-order valence-electron chi connectivity index (χ3n) is 15.2. The molecule has 0 fully saturated rings. The smallest absolute Gasteiger partial charge is 0.322 e. The third-order valence-corrected chi connectivity index (χ3v) is 15.2. The van der Waals surface area contributed by atoms with E-state index in [9.17, 15) is 82.8 Å². The number of hydrazine groups is 1. The molecule has 38 nitrogen and oxygen atoms in total. The maximum absolute atomic E-state index is 14.4. The highest BCUT2D eigenvalue weighted by atomic mass is 16.4. The molecule has 2 rings (SSSR count). The van der Waals surface area contributed by atoms with Gasteiger partial charge >= 0.3 is 5.97 Å². The van der Waals surface area contributed by atoms with Crippen molar-refractivity contribution >= 4 is 88.8 Å². The number of phenolic OH excluding ortho intramolecular Hbond substituents is 2. The van der Waals surface area contributed by atoms with Crippen molar-refractivity contribution in [1.82, 2.24) is 64.0 Å². The van der Waals surface area contributed by atoms with Crippen LogP contribution in [0.1, 0.15) is 123 Å². The molecule has 0 radical (unpaired) electrons. The van der Waals surface area contributed by atoms with Crippen molar-refractivity contribution in [3.63, 3.8) is 0 Å². The van der Waals surface area contributed by atoms with Gasteiger partial charge in [-0.3, -0.25) is 77.7 Å². The fourth-order valence-corrected chi connectivity index (χ4v) is 9.80. The molecule has 0 bridgehead atoms. The number of carbonyl (C=O) groups is 13. The Bertz CT molecular complexity index is 3170. The molecule has 0 saturated carbocycles. The Kier molecular flexibility index (Phi) is 39.6. The Balaban J connectivity index is 2.37. The number of nitrogens with zero attached hydrogens (tertiary/aromatic N) is 2. The van der Waals surface area contributed by atoms with Crippen molar-refractivity contribution in [3.8, 4) is 11.5 Å². The monoisotopic (exact) mass is 1440 g/mol. The fourth-order valence-electron chi connectivity index (χ4n) is 9.80. The zero-order valence-corrected chi connectivity index (χ0v) is 58.4. The standard InChI is InChI=1S/C64H105N21O17/c1-33(2)27-46(80-53(93)35(5)76-54(94)41(66)29-37-14-18-39(87)19-15-37)60(100)78-42(11-7-8-24-65)57(97)77-43(12-9-25-72-63(68)69)58(98)79-44(22-23-49(67)89)55(95)74-31-50(90)85-84-45(13-10-26-73-64(70)71)59(99)83-52(36(6)86)62(102)82-47(28-34(3)4)61(101)81-48(56(96)75-32-51(91)92)30-38-16-20-40(88)21-17-38/h14-21,33-36,41-48,52,84,86-88H,7-13,22-32,65-66H2,1-6H3,(H2,67,89)(H,74,95)(H,75,96)(H,76,94)(H,77,97)(H,78,100)(H,79,98)(H,80,93)(H,81,101)(H,82,102)(H,83,99)(H,85,90)(H,91,92)(H4,68,69,72)(H4,70,71,73)/t35-,36+,41-,42-,43-,44-,45-,46-,47-,48-,52-/m0/s1. The predicted octanol–water partition coefficient (Wildman–Crippen LogP) is -6.61. The lowest BCUT2D eigenvalue weighted by molar-refractivity contribution is -0.138. The Morgan fingerprint density at radius 1 is 0.451 bits per heavy atom. The number of aliphatic hydroxyl groups excluding tert-OH is 1. The molecule has 0 unspecified atom stereocenters. The number of primary amides is 1. The number of amides is 12. The largest absolute Gasteiger partial charge is 0.508 e. The second-order valence-electron chi connectivity index (χ2n) is 25.2. The summed E-state index contributed by atoms with van der Waals surface area (Å²) in [5.74, 6) is -13.4. The average molecular weight is 1440 g/mol. The van der Waals surface area contributed by atoms with E-state index in [-0.39, 0.29) is 113 Å². The summed E-state index contributed by atoms with van der Waals surface area (Å²) < 4.78 is 0. The Morgan fingerprint density at radius 2 is 0.863 bits per heavy atom. The highest BCUT2D eigenvalue weighted by Crippen LogP contribution is 2.16. The lowest BCUT2D eigenvalue weighted by Gasteiger charge is -2.28. The zero-order valence-electron chi connectivity index (χ0n) is 58.4. The van der Waals surface area contributed by atoms with E-state index in [1.54, 1.807) is 39.8 Å². The molecule has 12 amide bonds. The summed E-state index contributed by atoms with van der Waals surface area (Å²) in [5, 5.41) is 64.4. The number of unbranched alkanes of at least 4 members (excludes halogenated alkanes) is 1. The number of carboxylic acid groups (broad SMARTS) is 1. The number of nitrogens with two attached hydrogens (primary N) is 7. The highest BCUT2D eigenvalue weighted by molar-refractivity contribution is 5.98. The second kappa shape index (κ2) is 46.1. The number of benzene rings is 2. The van der Waals surface area contributed by atoms with E-state index in [4.69, 9.17) is 40.1 Å². The Hall–Kier alpha value is -10.5. The summed E-state index contributed by atoms with van der Waals surface area (Å²) in [5.41, 5.74) is 45.3. The van der Waals surface area contributed by atoms with E-state index in [1.165, 1.54) is 43.3 Å². The molecule has 0 spiro atoms. The molecular formula is C64H105N21O17. The first-order valence-electron chi connectivity index (χ1n) is 33.3. The summed E-state index contributed by atoms with van der Waals surface area (Å²) in [4.78, 5) is 183. The van der Waals surface area contributed by atoms with Gasteiger partial charge in [-0.2, -0.15) is 0 Å². The van der Waals surface area contributed by atoms with Crippen LogP contribution in [0.3, 0.4) is 0 Å². The van der Waals surface area contributed by atoms with Crippen LogP contribution < -0.4 is 104 Å². The van der Waals surface area contributed by atoms with Gasteiger partial charge in [0.15, 0.2) is 11.9 Å². The number of phenols is 2. The van der Waals surface area contributed by atoms with Gasteiger partial charge in [0.2, 0.25) is 65.0 Å². The number of nitrogens with one attached hydrogen (secondary N) is 12. The number of carboxylic acids is 1. The van der Waals surface area contributed by atoms with Crippen LogP contribution >= 0.6 is 0 Å². The number of rotatable bonds is 48. The molecule has 30 N–H and O–H groups in total. The van der Waals surface area contributed by atoms with Gasteiger partial charge in [0, 0.05) is 25.9 Å². The second-order valence-corrected chi connectivity index (χ2v) is 25.2. The lowest BCUT2D eigenvalue weighted by Crippen LogP contribution is -2.62. The number of aliphatic carboxylic acids is 1. The highest BCUT2D eigenvalue weighted by Gasteiger charge is 2.36. The van der Waals surface area contributed by atoms with Crippen LogP contribution in [0.2, 0.25) is 0 Å². The minimum atomic E-state index is -1.78. The molecule has 568 valence electrons. The van der Waals surface area contributed by atoms with Crippen molar-refractivity contribution in [2.75, 3.05) is 32.7 Å². The molecule has 11 atom stereocenters. The Labute approximate surface area is 590 Å². The number of hydrogen-bond acceptors (Lipinski definition) is 21. The van der Waals surface area contributed by atoms with Gasteiger partial charge in [-0.05, 0) is 138 Å². The third kappa shape index (κ3) is 35.5. The molecule has 38 heteroatoms. The molecule has 2 aromatic carbocycles. The van der Waals surface area contributed by atoms with Crippen molar-refractivity contribution in [3.05, 3.63) is 59.7 Å². The van der Waals surface area contributed by atoms with Crippen LogP contribution in [0.4, 0.5) is 0 Å². The molecule has 0 aromatic heterocycles. The maximum Gasteiger partial charge on any atom is 0.322 e. The molecule has 0 aliphatic heterocycles. The first-order valence-corrected chi connectivity index (χ1v) is 33.3. The maximum atomic E-state index is 14.4. The summed E-state index contributed by atoms with van der Waals surface area (Å²) >= 11 is 0. The number of aliphatic imine (C=N–C) groups is 2. The quantitative estimate of drug-likeness (QED) is 0.0127. The van der Waals surface area contributed by atoms with Crippen LogP contribution in [0.25, 0.3) is 0 Å². The van der Waals surface area contributed by atoms with Crippen LogP contribution in [0.15, 0.2) is 58.5 Å². The normalized spacial score (nSPS) is 14.3. The number of hydrogen-bond donors (Lipinski definition) is 23. The van der Waals surface area contributed by atoms with Crippen LogP contribution in [0.5, 0.6) is 11.5 Å². The fraction of sp³-hybridized carbons (Fsp3) is 0.578. The van der Waals surface area contributed by atoms with E-state index in [0.29, 0.717) is 24.0 Å². The molecular weight excluding hydrogens is 1330 g/mol. The lowest BCUT2D eigenvalue weighted by atomic mass is 10.00. The van der Waals surface area contributed by atoms with Crippen LogP contribution in [-0.2, 0) is 75.2 Å². The van der Waals surface area contributed by atoms with Gasteiger partial charge in [0.25, 0.3) is 5.91 Å². The first kappa shape index (κ1) is 87.6. The van der Waals surface area contributed by atoms with Gasteiger partial charge < -0.3 is 114 Å². The van der Waals surface area contributed by atoms with Gasteiger partial charge in [-0.15, -0.1) is 0 Å². The Morgan fingerprint density at radius 3 is 1.32 bits per heavy atom. The predicted molar refractivity (Wildman–Crippen MR) is 373 cm³/mol. The van der Waals surface area contributed by atoms with Gasteiger partial charge in [-0.25, -0.2) is 5.43 Å². The molecule has 102 heavy (non-hydrogen) atoms. The van der Waals surface area contributed by atoms with Crippen molar-refractivity contribution in [1.29, 1.82) is 0 Å². The van der Waals surface area contributed by atoms with E-state index in [2.05, 4.69) is 74.0 Å². The topological polar surface area (TPSA) is 654 Å². The van der Waals surface area contributed by atoms with Gasteiger partial charge in [0.1, 0.15) is 72.4 Å². The number of aromatic hydroxyl groups is 2. The summed E-state index contributed by atoms with van der Waals surface area (Å²) in [6.45, 7) is 8.02. The molecule has 2 aromatic rings. The number of guanidine groups is 2. The first-order chi connectivity index (χ1) is 48.0. The number of aliphatic hydroxyl groups is 1. The average Bonchev–Trinajstić information content (AvgIpc) is 0.862. The van der Waals surface area contributed by atoms with Crippen LogP contribution in [0, 0.1) is 11.8 Å². The summed E-state index contributed by atoms with van der Waals surface area (Å²) in [7, 11) is 0. The van der Waals surface area contributed by atoms with E-state index >= 15 is 0 Å². The molecule has 0 aliphatic rings. The number of carbonyl (C=O) groups excluding carboxylic acids is 12. The minimum Gasteiger partial charge on any atom is -0.508 e. The van der Waals surface area contributed by atoms with Gasteiger partial charge in [0.05, 0.1) is 18.7 Å². The minimum absolute atomic E-state index is 0.0177. The van der Waals surface area contributed by atoms with Crippen molar-refractivity contribution < 1.29 is 82.8 Å². The van der Waals surface area contributed by atoms with E-state index in [1.807, 2.05) is 0 Å². The molecule has 0 aliphatic carbocycles. The summed E-state index contributed by atoms with van der Waals surface area (Å²) in [6, 6.07) is -2.39. The van der Waals surface area contributed by atoms with Crippen LogP contribution in [-0.4, -0.2) is 208 Å². The summed E-state index contributed by atoms with van der Waals surface area (Å²) in [6.07, 6.45) is -2.22. The SMILES string of the molecule is CC(C)C[C@H](NC(=O)[C@H](C)NC(=O)[C@@H](N)Cc1ccc(O)cc1)C(=O)N[C@@H](CCCCN)C(=O)N[C@@H](CCCN=C(N)N)C(=O)N[C@@H](CCC(N)=O)C(=O)NCC(=O)NN[C@@H](CCCN=C(N)N)C(=O)N[C@H](C(=O)N[C@@H](CC(C)C)C(=O)N[C@@H](Cc1ccc(O)cc1)C(=O)NCC(=O)O)[C@@H](C)O. The zero-order chi connectivity index (χ0) is 76.8.